The molecule has 0 heterocycles. The molecule has 0 saturated carbocycles. The van der Waals surface area contributed by atoms with Crippen molar-refractivity contribution in [3.05, 3.63) is 89.5 Å². The van der Waals surface area contributed by atoms with Gasteiger partial charge in [-0.1, -0.05) is 66.7 Å². The Labute approximate surface area is 127 Å². The predicted molar refractivity (Wildman–Crippen MR) is 86.3 cm³/mol. The van der Waals surface area contributed by atoms with Crippen LogP contribution in [-0.2, 0) is 10.5 Å². The first kappa shape index (κ1) is 13.0. The Bertz CT molecular complexity index is 926. The maximum absolute atomic E-state index is 15.8. The van der Waals surface area contributed by atoms with E-state index in [0.717, 1.165) is 16.3 Å². The lowest BCUT2D eigenvalue weighted by atomic mass is 9.78. The van der Waals surface area contributed by atoms with E-state index in [1.807, 2.05) is 42.5 Å². The third kappa shape index (κ3) is 1.74. The largest absolute Gasteiger partial charge is 0.290 e. The maximum Gasteiger partial charge on any atom is 0.223 e. The second-order valence-electron chi connectivity index (χ2n) is 5.51. The number of ketones is 1. The Morgan fingerprint density at radius 3 is 2.36 bits per heavy atom. The minimum absolute atomic E-state index is 0.382. The number of benzene rings is 3. The summed E-state index contributed by atoms with van der Waals surface area (Å²) in [6.45, 7) is 0. The van der Waals surface area contributed by atoms with Gasteiger partial charge in [-0.3, -0.25) is 4.79 Å². The molecular formula is C20H13FO. The highest BCUT2D eigenvalue weighted by Gasteiger charge is 2.43. The van der Waals surface area contributed by atoms with Crippen LogP contribution in [0.1, 0.15) is 16.7 Å². The van der Waals surface area contributed by atoms with E-state index in [4.69, 9.17) is 0 Å². The molecule has 0 aromatic heterocycles. The summed E-state index contributed by atoms with van der Waals surface area (Å²) in [6, 6.07) is 20.2. The molecule has 106 valence electrons. The quantitative estimate of drug-likeness (QED) is 0.637. The van der Waals surface area contributed by atoms with E-state index < -0.39 is 11.5 Å². The Balaban J connectivity index is 1.99. The lowest BCUT2D eigenvalue weighted by molar-refractivity contribution is -0.123. The molecule has 0 N–H and O–H groups in total. The van der Waals surface area contributed by atoms with Gasteiger partial charge in [-0.2, -0.15) is 0 Å². The molecule has 0 bridgehead atoms. The van der Waals surface area contributed by atoms with Crippen molar-refractivity contribution >= 4 is 22.6 Å². The zero-order valence-electron chi connectivity index (χ0n) is 11.8. The molecule has 4 rings (SSSR count). The van der Waals surface area contributed by atoms with Crippen molar-refractivity contribution in [2.45, 2.75) is 5.67 Å². The third-order valence-corrected chi connectivity index (χ3v) is 4.23. The summed E-state index contributed by atoms with van der Waals surface area (Å²) in [6.07, 6.45) is 3.01. The van der Waals surface area contributed by atoms with Crippen molar-refractivity contribution in [2.24, 2.45) is 0 Å². The van der Waals surface area contributed by atoms with E-state index in [0.29, 0.717) is 11.1 Å². The average Bonchev–Trinajstić information content (AvgIpc) is 2.58. The second kappa shape index (κ2) is 4.63. The van der Waals surface area contributed by atoms with Gasteiger partial charge in [0.25, 0.3) is 0 Å². The molecule has 3 aromatic rings. The number of halogens is 1. The second-order valence-corrected chi connectivity index (χ2v) is 5.51. The highest BCUT2D eigenvalue weighted by molar-refractivity contribution is 6.06. The van der Waals surface area contributed by atoms with Crippen molar-refractivity contribution < 1.29 is 9.18 Å². The molecule has 0 saturated heterocycles. The summed E-state index contributed by atoms with van der Waals surface area (Å²) in [5, 5.41) is 1.96. The van der Waals surface area contributed by atoms with Gasteiger partial charge in [0.2, 0.25) is 11.5 Å². The molecule has 1 aliphatic carbocycles. The standard InChI is InChI=1S/C20H13FO/c21-20(17-11-9-14-5-1-2-7-16(14)13-17)18-8-4-3-6-15(18)10-12-19(20)22/h1-13H. The zero-order chi connectivity index (χ0) is 15.2. The minimum Gasteiger partial charge on any atom is -0.290 e. The van der Waals surface area contributed by atoms with Crippen molar-refractivity contribution in [3.8, 4) is 0 Å². The van der Waals surface area contributed by atoms with E-state index in [-0.39, 0.29) is 0 Å². The SMILES string of the molecule is O=C1C=Cc2ccccc2C1(F)c1ccc2ccccc2c1. The number of hydrogen-bond donors (Lipinski definition) is 0. The van der Waals surface area contributed by atoms with Crippen LogP contribution >= 0.6 is 0 Å². The van der Waals surface area contributed by atoms with E-state index in [1.165, 1.54) is 6.08 Å². The van der Waals surface area contributed by atoms with E-state index in [1.54, 1.807) is 30.3 Å². The molecule has 1 atom stereocenters. The molecule has 1 nitrogen and oxygen atoms in total. The van der Waals surface area contributed by atoms with E-state index >= 15 is 4.39 Å². The van der Waals surface area contributed by atoms with Crippen LogP contribution in [0.4, 0.5) is 4.39 Å². The molecule has 22 heavy (non-hydrogen) atoms. The van der Waals surface area contributed by atoms with Crippen molar-refractivity contribution in [2.75, 3.05) is 0 Å². The fourth-order valence-electron chi connectivity index (χ4n) is 3.07. The summed E-state index contributed by atoms with van der Waals surface area (Å²) in [5.41, 5.74) is -0.571. The average molecular weight is 288 g/mol. The van der Waals surface area contributed by atoms with Crippen molar-refractivity contribution in [1.82, 2.24) is 0 Å². The molecule has 0 radical (unpaired) electrons. The van der Waals surface area contributed by atoms with E-state index in [2.05, 4.69) is 0 Å². The Kier molecular flexibility index (Phi) is 2.73. The van der Waals surface area contributed by atoms with Crippen molar-refractivity contribution in [3.63, 3.8) is 0 Å². The van der Waals surface area contributed by atoms with Crippen molar-refractivity contribution in [1.29, 1.82) is 0 Å². The van der Waals surface area contributed by atoms with Crippen LogP contribution in [0.25, 0.3) is 16.8 Å². The van der Waals surface area contributed by atoms with Crippen LogP contribution in [0.5, 0.6) is 0 Å². The van der Waals surface area contributed by atoms with Gasteiger partial charge in [0.15, 0.2) is 0 Å². The summed E-state index contributed by atoms with van der Waals surface area (Å²) in [4.78, 5) is 12.4. The first-order valence-electron chi connectivity index (χ1n) is 7.20. The number of carbonyl (C=O) groups excluding carboxylic acids is 1. The number of rotatable bonds is 1. The number of alkyl halides is 1. The highest BCUT2D eigenvalue weighted by Crippen LogP contribution is 2.41. The smallest absolute Gasteiger partial charge is 0.223 e. The van der Waals surface area contributed by atoms with Gasteiger partial charge in [-0.25, -0.2) is 4.39 Å². The molecule has 3 aromatic carbocycles. The summed E-state index contributed by atoms with van der Waals surface area (Å²) >= 11 is 0. The van der Waals surface area contributed by atoms with Gasteiger partial charge in [0.1, 0.15) is 0 Å². The van der Waals surface area contributed by atoms with Gasteiger partial charge in [0.05, 0.1) is 0 Å². The number of allylic oxidation sites excluding steroid dienone is 1. The van der Waals surface area contributed by atoms with Gasteiger partial charge < -0.3 is 0 Å². The fourth-order valence-corrected chi connectivity index (χ4v) is 3.07. The van der Waals surface area contributed by atoms with Gasteiger partial charge in [0, 0.05) is 11.1 Å². The predicted octanol–water partition coefficient (Wildman–Crippen LogP) is 4.65. The maximum atomic E-state index is 15.8. The molecule has 0 aliphatic heterocycles. The summed E-state index contributed by atoms with van der Waals surface area (Å²) < 4.78 is 15.8. The van der Waals surface area contributed by atoms with Crippen LogP contribution < -0.4 is 0 Å². The summed E-state index contributed by atoms with van der Waals surface area (Å²) in [5.74, 6) is -0.526. The van der Waals surface area contributed by atoms with Crippen LogP contribution in [0.2, 0.25) is 0 Å². The molecule has 1 aliphatic rings. The van der Waals surface area contributed by atoms with Gasteiger partial charge >= 0.3 is 0 Å². The minimum atomic E-state index is -2.12. The topological polar surface area (TPSA) is 17.1 Å². The Morgan fingerprint density at radius 2 is 1.50 bits per heavy atom. The third-order valence-electron chi connectivity index (χ3n) is 4.23. The van der Waals surface area contributed by atoms with Crippen LogP contribution in [0.3, 0.4) is 0 Å². The van der Waals surface area contributed by atoms with Crippen LogP contribution in [0, 0.1) is 0 Å². The molecule has 0 amide bonds. The van der Waals surface area contributed by atoms with Gasteiger partial charge in [-0.05, 0) is 28.5 Å². The highest BCUT2D eigenvalue weighted by atomic mass is 19.1. The monoisotopic (exact) mass is 288 g/mol. The molecule has 0 spiro atoms. The number of carbonyl (C=O) groups is 1. The zero-order valence-corrected chi connectivity index (χ0v) is 11.8. The Morgan fingerprint density at radius 1 is 0.773 bits per heavy atom. The fraction of sp³-hybridized carbons (Fsp3) is 0.0500. The normalized spacial score (nSPS) is 20.1. The summed E-state index contributed by atoms with van der Waals surface area (Å²) in [7, 11) is 0. The molecular weight excluding hydrogens is 275 g/mol. The molecule has 1 unspecified atom stereocenters. The Hall–Kier alpha value is -2.74. The van der Waals surface area contributed by atoms with Crippen LogP contribution in [-0.4, -0.2) is 5.78 Å². The first-order valence-corrected chi connectivity index (χ1v) is 7.20. The van der Waals surface area contributed by atoms with Gasteiger partial charge in [-0.15, -0.1) is 0 Å². The molecule has 0 fully saturated rings. The number of hydrogen-bond acceptors (Lipinski definition) is 1. The lowest BCUT2D eigenvalue weighted by Crippen LogP contribution is -2.33. The lowest BCUT2D eigenvalue weighted by Gasteiger charge is -2.28. The van der Waals surface area contributed by atoms with E-state index in [9.17, 15) is 4.79 Å². The molecule has 2 heteroatoms. The van der Waals surface area contributed by atoms with Crippen LogP contribution in [0.15, 0.2) is 72.8 Å². The number of fused-ring (bicyclic) bond motifs is 2. The first-order chi connectivity index (χ1) is 10.7.